The number of rotatable bonds is 7. The van der Waals surface area contributed by atoms with Gasteiger partial charge in [-0.05, 0) is 41.8 Å². The van der Waals surface area contributed by atoms with E-state index in [2.05, 4.69) is 27.1 Å². The zero-order valence-corrected chi connectivity index (χ0v) is 20.0. The summed E-state index contributed by atoms with van der Waals surface area (Å²) in [6.45, 7) is 0.523. The lowest BCUT2D eigenvalue weighted by atomic mass is 9.94. The standard InChI is InChI=1S/C26H28N4O4S/c27-35(34)12-11-23(16-35)28-14-20-5-3-18(4-6-20)1-2-19-7-9-21(10-8-19)22(15-31)13-24-25(32)26(33)30-17-29-24/h3-10,17,22-23,27-28,31-32H,11-16H2,(H,29,30,33)/t22?,23-,35?/m1/s1. The molecule has 0 amide bonds. The molecule has 35 heavy (non-hydrogen) atoms. The van der Waals surface area contributed by atoms with Crippen LogP contribution in [0.25, 0.3) is 0 Å². The number of aliphatic hydroxyl groups excluding tert-OH is 1. The molecule has 2 aromatic carbocycles. The molecule has 0 radical (unpaired) electrons. The maximum Gasteiger partial charge on any atom is 0.293 e. The van der Waals surface area contributed by atoms with Gasteiger partial charge < -0.3 is 20.5 Å². The lowest BCUT2D eigenvalue weighted by Crippen LogP contribution is -2.29. The van der Waals surface area contributed by atoms with E-state index in [9.17, 15) is 19.2 Å². The molecule has 0 bridgehead atoms. The normalized spacial score (nSPS) is 20.2. The highest BCUT2D eigenvalue weighted by atomic mass is 32.2. The minimum atomic E-state index is -2.39. The molecule has 1 aliphatic rings. The minimum Gasteiger partial charge on any atom is -0.502 e. The number of H-pyrrole nitrogens is 1. The Balaban J connectivity index is 1.35. The fourth-order valence-corrected chi connectivity index (χ4v) is 5.80. The van der Waals surface area contributed by atoms with Crippen molar-refractivity contribution < 1.29 is 14.4 Å². The summed E-state index contributed by atoms with van der Waals surface area (Å²) in [6.07, 6.45) is 2.26. The average molecular weight is 493 g/mol. The number of hydrogen-bond donors (Lipinski definition) is 5. The molecule has 3 atom stereocenters. The van der Waals surface area contributed by atoms with E-state index in [0.29, 0.717) is 18.1 Å². The van der Waals surface area contributed by atoms with Gasteiger partial charge >= 0.3 is 0 Å². The van der Waals surface area contributed by atoms with Crippen molar-refractivity contribution in [3.8, 4) is 17.6 Å². The van der Waals surface area contributed by atoms with Gasteiger partial charge in [0.05, 0.1) is 18.6 Å². The second-order valence-electron chi connectivity index (χ2n) is 8.73. The Bertz CT molecular complexity index is 1390. The van der Waals surface area contributed by atoms with Crippen molar-refractivity contribution in [3.05, 3.63) is 93.2 Å². The number of aromatic nitrogens is 2. The first-order chi connectivity index (χ1) is 16.8. The summed E-state index contributed by atoms with van der Waals surface area (Å²) in [5.41, 5.74) is 3.33. The van der Waals surface area contributed by atoms with Gasteiger partial charge in [-0.2, -0.15) is 0 Å². The molecular formula is C26H28N4O4S. The molecule has 5 N–H and O–H groups in total. The Morgan fingerprint density at radius 1 is 1.14 bits per heavy atom. The Kier molecular flexibility index (Phi) is 7.66. The van der Waals surface area contributed by atoms with Gasteiger partial charge in [0, 0.05) is 57.3 Å². The molecule has 1 aliphatic heterocycles. The van der Waals surface area contributed by atoms with Crippen LogP contribution in [0.1, 0.15) is 40.3 Å². The summed E-state index contributed by atoms with van der Waals surface area (Å²) in [5, 5.41) is 23.1. The van der Waals surface area contributed by atoms with Gasteiger partial charge in [0.25, 0.3) is 5.56 Å². The molecule has 9 heteroatoms. The summed E-state index contributed by atoms with van der Waals surface area (Å²) in [6, 6.07) is 15.6. The van der Waals surface area contributed by atoms with Crippen LogP contribution in [-0.4, -0.2) is 48.5 Å². The predicted molar refractivity (Wildman–Crippen MR) is 135 cm³/mol. The molecule has 3 aromatic rings. The van der Waals surface area contributed by atoms with E-state index in [1.807, 2.05) is 48.5 Å². The van der Waals surface area contributed by atoms with Crippen molar-refractivity contribution in [3.63, 3.8) is 0 Å². The Hall–Kier alpha value is -3.45. The maximum absolute atomic E-state index is 11.8. The molecule has 4 rings (SSSR count). The summed E-state index contributed by atoms with van der Waals surface area (Å²) < 4.78 is 19.5. The highest BCUT2D eigenvalue weighted by molar-refractivity contribution is 7.92. The molecule has 0 aliphatic carbocycles. The zero-order chi connectivity index (χ0) is 24.8. The highest BCUT2D eigenvalue weighted by Gasteiger charge is 2.24. The second kappa shape index (κ2) is 10.9. The van der Waals surface area contributed by atoms with Crippen LogP contribution < -0.4 is 10.9 Å². The third-order valence-corrected chi connectivity index (χ3v) is 7.95. The van der Waals surface area contributed by atoms with Gasteiger partial charge in [0.15, 0.2) is 0 Å². The molecule has 1 fully saturated rings. The van der Waals surface area contributed by atoms with E-state index in [4.69, 9.17) is 4.78 Å². The van der Waals surface area contributed by atoms with E-state index >= 15 is 0 Å². The van der Waals surface area contributed by atoms with Crippen molar-refractivity contribution in [2.45, 2.75) is 31.3 Å². The molecule has 182 valence electrons. The van der Waals surface area contributed by atoms with E-state index < -0.39 is 21.0 Å². The van der Waals surface area contributed by atoms with Crippen molar-refractivity contribution >= 4 is 9.73 Å². The van der Waals surface area contributed by atoms with Gasteiger partial charge in [0.1, 0.15) is 0 Å². The van der Waals surface area contributed by atoms with Crippen molar-refractivity contribution in [2.75, 3.05) is 18.1 Å². The van der Waals surface area contributed by atoms with Crippen molar-refractivity contribution in [1.82, 2.24) is 15.3 Å². The molecule has 0 spiro atoms. The van der Waals surface area contributed by atoms with E-state index in [0.717, 1.165) is 28.7 Å². The third kappa shape index (κ3) is 6.57. The van der Waals surface area contributed by atoms with Crippen LogP contribution in [0.5, 0.6) is 5.75 Å². The summed E-state index contributed by atoms with van der Waals surface area (Å²) in [5.74, 6) is 6.46. The third-order valence-electron chi connectivity index (χ3n) is 6.11. The van der Waals surface area contributed by atoms with Gasteiger partial charge in [-0.15, -0.1) is 0 Å². The number of nitrogens with zero attached hydrogens (tertiary/aromatic N) is 1. The van der Waals surface area contributed by atoms with Gasteiger partial charge in [-0.3, -0.25) is 9.57 Å². The highest BCUT2D eigenvalue weighted by Crippen LogP contribution is 2.22. The number of aliphatic hydroxyl groups is 1. The summed E-state index contributed by atoms with van der Waals surface area (Å²) >= 11 is 0. The van der Waals surface area contributed by atoms with E-state index in [-0.39, 0.29) is 30.7 Å². The van der Waals surface area contributed by atoms with Crippen LogP contribution in [0, 0.1) is 16.6 Å². The molecule has 2 heterocycles. The number of nitrogens with one attached hydrogen (secondary N) is 3. The Morgan fingerprint density at radius 3 is 2.40 bits per heavy atom. The molecule has 8 nitrogen and oxygen atoms in total. The molecule has 0 saturated carbocycles. The number of benzene rings is 2. The number of aromatic amines is 1. The number of hydrogen-bond acceptors (Lipinski definition) is 7. The average Bonchev–Trinajstić information content (AvgIpc) is 3.22. The SMILES string of the molecule is N=S1(=O)CC[C@@H](NCc2ccc(C#Cc3ccc(C(CO)Cc4nc[nH]c(=O)c4O)cc3)cc2)C1. The monoisotopic (exact) mass is 492 g/mol. The lowest BCUT2D eigenvalue weighted by molar-refractivity contribution is 0.263. The second-order valence-corrected chi connectivity index (χ2v) is 11.1. The summed E-state index contributed by atoms with van der Waals surface area (Å²) in [7, 11) is -2.39. The van der Waals surface area contributed by atoms with Gasteiger partial charge in [0.2, 0.25) is 5.75 Å². The fourth-order valence-electron chi connectivity index (χ4n) is 4.04. The lowest BCUT2D eigenvalue weighted by Gasteiger charge is -2.14. The quantitative estimate of drug-likeness (QED) is 0.320. The molecule has 2 unspecified atom stereocenters. The zero-order valence-electron chi connectivity index (χ0n) is 19.2. The van der Waals surface area contributed by atoms with Crippen LogP contribution in [0.3, 0.4) is 0 Å². The van der Waals surface area contributed by atoms with Crippen molar-refractivity contribution in [1.29, 1.82) is 4.78 Å². The summed E-state index contributed by atoms with van der Waals surface area (Å²) in [4.78, 5) is 17.9. The van der Waals surface area contributed by atoms with Crippen LogP contribution in [0.2, 0.25) is 0 Å². The minimum absolute atomic E-state index is 0.144. The van der Waals surface area contributed by atoms with E-state index in [1.54, 1.807) is 0 Å². The largest absolute Gasteiger partial charge is 0.502 e. The Labute approximate surface area is 204 Å². The Morgan fingerprint density at radius 2 is 1.80 bits per heavy atom. The first-order valence-electron chi connectivity index (χ1n) is 11.4. The predicted octanol–water partition coefficient (Wildman–Crippen LogP) is 2.10. The molecule has 1 aromatic heterocycles. The van der Waals surface area contributed by atoms with E-state index in [1.165, 1.54) is 6.33 Å². The fraction of sp³-hybridized carbons (Fsp3) is 0.308. The maximum atomic E-state index is 11.8. The van der Waals surface area contributed by atoms with Gasteiger partial charge in [-0.25, -0.2) is 9.19 Å². The van der Waals surface area contributed by atoms with Crippen LogP contribution in [-0.2, 0) is 22.7 Å². The first kappa shape index (κ1) is 24.7. The van der Waals surface area contributed by atoms with Crippen LogP contribution in [0.15, 0.2) is 59.7 Å². The first-order valence-corrected chi connectivity index (χ1v) is 13.3. The topological polar surface area (TPSA) is 139 Å². The van der Waals surface area contributed by atoms with Crippen LogP contribution in [0.4, 0.5) is 0 Å². The number of aromatic hydroxyl groups is 1. The molecular weight excluding hydrogens is 464 g/mol. The van der Waals surface area contributed by atoms with Gasteiger partial charge in [-0.1, -0.05) is 36.1 Å². The van der Waals surface area contributed by atoms with Crippen molar-refractivity contribution in [2.24, 2.45) is 0 Å². The van der Waals surface area contributed by atoms with Crippen LogP contribution >= 0.6 is 0 Å². The smallest absolute Gasteiger partial charge is 0.293 e. The molecule has 1 saturated heterocycles.